The van der Waals surface area contributed by atoms with E-state index in [2.05, 4.69) is 26.1 Å². The second-order valence-electron chi connectivity index (χ2n) is 11.9. The van der Waals surface area contributed by atoms with Crippen molar-refractivity contribution in [1.82, 2.24) is 8.61 Å². The maximum absolute atomic E-state index is 13.7. The van der Waals surface area contributed by atoms with Crippen LogP contribution >= 0.6 is 11.6 Å². The zero-order valence-corrected chi connectivity index (χ0v) is 24.7. The molecule has 0 aromatic heterocycles. The SMILES string of the molecule is CC1(C)CC2CC(C)(CN2[S+](=O)(O)c2ccc(C(=O)Nc3ccc(Cl)c([S+](=O)([O-])N4CCOCC4)c3)cc2)C1. The van der Waals surface area contributed by atoms with Crippen molar-refractivity contribution < 1.29 is 27.1 Å². The third-order valence-corrected chi connectivity index (χ3v) is 12.2. The minimum Gasteiger partial charge on any atom is -0.593 e. The molecule has 2 saturated heterocycles. The molecule has 4 atom stereocenters. The highest BCUT2D eigenvalue weighted by molar-refractivity contribution is 7.95. The number of ether oxygens (including phenoxy) is 1. The van der Waals surface area contributed by atoms with Crippen LogP contribution < -0.4 is 5.32 Å². The van der Waals surface area contributed by atoms with Gasteiger partial charge in [0, 0.05) is 17.3 Å². The van der Waals surface area contributed by atoms with Gasteiger partial charge in [0.2, 0.25) is 4.90 Å². The Balaban J connectivity index is 1.31. The van der Waals surface area contributed by atoms with Crippen LogP contribution in [0.25, 0.3) is 0 Å². The smallest absolute Gasteiger partial charge is 0.325 e. The molecule has 1 amide bonds. The first-order valence-corrected chi connectivity index (χ1v) is 16.3. The number of carbonyl (C=O) groups is 1. The van der Waals surface area contributed by atoms with E-state index in [-0.39, 0.29) is 56.0 Å². The minimum atomic E-state index is -3.86. The molecule has 9 nitrogen and oxygen atoms in total. The zero-order chi connectivity index (χ0) is 28.2. The van der Waals surface area contributed by atoms with Crippen molar-refractivity contribution in [1.29, 1.82) is 0 Å². The highest BCUT2D eigenvalue weighted by atomic mass is 35.5. The normalized spacial score (nSPS) is 28.4. The number of carbonyl (C=O) groups excluding carboxylic acids is 1. The van der Waals surface area contributed by atoms with Gasteiger partial charge in [-0.25, -0.2) is 0 Å². The van der Waals surface area contributed by atoms with E-state index in [0.717, 1.165) is 19.3 Å². The number of fused-ring (bicyclic) bond motifs is 2. The van der Waals surface area contributed by atoms with Gasteiger partial charge in [0.25, 0.3) is 5.91 Å². The van der Waals surface area contributed by atoms with Gasteiger partial charge in [0.05, 0.1) is 43.9 Å². The van der Waals surface area contributed by atoms with Gasteiger partial charge in [0.15, 0.2) is 15.3 Å². The zero-order valence-electron chi connectivity index (χ0n) is 22.4. The average Bonchev–Trinajstić information content (AvgIpc) is 3.14. The molecule has 212 valence electrons. The Morgan fingerprint density at radius 1 is 1.10 bits per heavy atom. The predicted octanol–water partition coefficient (Wildman–Crippen LogP) is 4.98. The monoisotopic (exact) mass is 596 g/mol. The maximum atomic E-state index is 13.7. The molecule has 3 fully saturated rings. The quantitative estimate of drug-likeness (QED) is 0.454. The molecule has 2 aromatic carbocycles. The lowest BCUT2D eigenvalue weighted by Gasteiger charge is -2.39. The topological polar surface area (TPSA) is 122 Å². The van der Waals surface area contributed by atoms with Gasteiger partial charge in [-0.05, 0) is 70.7 Å². The molecule has 2 heterocycles. The Kier molecular flexibility index (Phi) is 7.60. The van der Waals surface area contributed by atoms with Crippen LogP contribution in [0.4, 0.5) is 5.69 Å². The van der Waals surface area contributed by atoms with Crippen LogP contribution in [0.1, 0.15) is 50.4 Å². The second kappa shape index (κ2) is 10.3. The van der Waals surface area contributed by atoms with Crippen LogP contribution in [0.2, 0.25) is 5.02 Å². The summed E-state index contributed by atoms with van der Waals surface area (Å²) >= 11 is 6.22. The summed E-state index contributed by atoms with van der Waals surface area (Å²) in [6.07, 6.45) is 2.78. The molecule has 0 radical (unpaired) electrons. The standard InChI is InChI=1S/C27H34ClN3O6S2/c1-26(2)15-21-16-27(3,17-26)18-31(21)38(33,34)22-7-4-19(5-8-22)25(32)29-20-6-9-23(28)24(14-20)39(35,36)30-10-12-37-13-11-30/h4-9,14,21H,10-13,15-18H2,1-3H3,(H-2,29,32,33,34,35,36)/p+1. The maximum Gasteiger partial charge on any atom is 0.325 e. The fourth-order valence-electron chi connectivity index (χ4n) is 6.52. The van der Waals surface area contributed by atoms with Crippen molar-refractivity contribution in [2.75, 3.05) is 38.2 Å². The summed E-state index contributed by atoms with van der Waals surface area (Å²) < 4.78 is 59.3. The van der Waals surface area contributed by atoms with E-state index in [0.29, 0.717) is 19.8 Å². The molecule has 2 bridgehead atoms. The summed E-state index contributed by atoms with van der Waals surface area (Å²) in [5.74, 6) is -0.477. The molecule has 3 aliphatic rings. The van der Waals surface area contributed by atoms with Crippen LogP contribution in [0.15, 0.2) is 52.3 Å². The lowest BCUT2D eigenvalue weighted by molar-refractivity contribution is 0.0696. The summed E-state index contributed by atoms with van der Waals surface area (Å²) in [4.78, 5) is 13.1. The van der Waals surface area contributed by atoms with Gasteiger partial charge < -0.3 is 14.6 Å². The van der Waals surface area contributed by atoms with Gasteiger partial charge >= 0.3 is 10.4 Å². The molecular weight excluding hydrogens is 562 g/mol. The van der Waals surface area contributed by atoms with Crippen molar-refractivity contribution in [2.24, 2.45) is 10.8 Å². The van der Waals surface area contributed by atoms with Gasteiger partial charge in [-0.1, -0.05) is 40.9 Å². The number of hydrogen-bond donors (Lipinski definition) is 2. The number of anilines is 1. The van der Waals surface area contributed by atoms with E-state index in [4.69, 9.17) is 16.3 Å². The van der Waals surface area contributed by atoms with Gasteiger partial charge in [-0.3, -0.25) is 4.79 Å². The van der Waals surface area contributed by atoms with Crippen molar-refractivity contribution in [3.05, 3.63) is 53.1 Å². The highest BCUT2D eigenvalue weighted by Gasteiger charge is 2.58. The summed E-state index contributed by atoms with van der Waals surface area (Å²) in [7, 11) is -7.32. The van der Waals surface area contributed by atoms with Crippen LogP contribution in [0, 0.1) is 10.8 Å². The van der Waals surface area contributed by atoms with Crippen LogP contribution in [-0.2, 0) is 34.0 Å². The van der Waals surface area contributed by atoms with Crippen LogP contribution in [0.5, 0.6) is 0 Å². The van der Waals surface area contributed by atoms with Gasteiger partial charge in [-0.15, -0.1) is 4.31 Å². The van der Waals surface area contributed by atoms with Crippen molar-refractivity contribution >= 4 is 44.0 Å². The van der Waals surface area contributed by atoms with E-state index in [1.807, 2.05) is 0 Å². The average molecular weight is 597 g/mol. The molecule has 2 N–H and O–H groups in total. The van der Waals surface area contributed by atoms with Gasteiger partial charge in [-0.2, -0.15) is 4.55 Å². The number of halogens is 1. The number of amides is 1. The Morgan fingerprint density at radius 2 is 1.77 bits per heavy atom. The third-order valence-electron chi connectivity index (χ3n) is 7.89. The molecule has 12 heteroatoms. The lowest BCUT2D eigenvalue weighted by atomic mass is 9.65. The Bertz CT molecular complexity index is 1360. The van der Waals surface area contributed by atoms with Crippen molar-refractivity contribution in [3.63, 3.8) is 0 Å². The van der Waals surface area contributed by atoms with E-state index in [1.165, 1.54) is 46.8 Å². The first-order chi connectivity index (χ1) is 18.2. The number of nitrogens with zero attached hydrogens (tertiary/aromatic N) is 2. The number of rotatable bonds is 6. The van der Waals surface area contributed by atoms with E-state index < -0.39 is 26.7 Å². The fraction of sp³-hybridized carbons (Fsp3) is 0.519. The molecular formula is C27H35ClN3O6S2+. The number of sulfonamides is 1. The largest absolute Gasteiger partial charge is 0.593 e. The van der Waals surface area contributed by atoms with Crippen LogP contribution in [-0.4, -0.2) is 62.5 Å². The predicted molar refractivity (Wildman–Crippen MR) is 151 cm³/mol. The fourth-order valence-corrected chi connectivity index (χ4v) is 10.2. The molecule has 1 aliphatic carbocycles. The first kappa shape index (κ1) is 28.8. The first-order valence-electron chi connectivity index (χ1n) is 13.0. The summed E-state index contributed by atoms with van der Waals surface area (Å²) in [5.41, 5.74) is 0.665. The molecule has 5 rings (SSSR count). The number of hydrogen-bond acceptors (Lipinski definition) is 5. The van der Waals surface area contributed by atoms with Crippen molar-refractivity contribution in [3.8, 4) is 0 Å². The molecule has 1 saturated carbocycles. The Hall–Kier alpha value is -1.70. The minimum absolute atomic E-state index is 0.00429. The van der Waals surface area contributed by atoms with Crippen molar-refractivity contribution in [2.45, 2.75) is 55.9 Å². The van der Waals surface area contributed by atoms with E-state index in [9.17, 15) is 22.3 Å². The van der Waals surface area contributed by atoms with E-state index >= 15 is 0 Å². The van der Waals surface area contributed by atoms with Gasteiger partial charge in [0.1, 0.15) is 0 Å². The number of benzene rings is 2. The lowest BCUT2D eigenvalue weighted by Crippen LogP contribution is -2.44. The third kappa shape index (κ3) is 5.73. The number of nitrogens with one attached hydrogen (secondary N) is 1. The second-order valence-corrected chi connectivity index (χ2v) is 16.2. The highest BCUT2D eigenvalue weighted by Crippen LogP contribution is 2.54. The summed E-state index contributed by atoms with van der Waals surface area (Å²) in [5, 5.41) is 2.77. The molecule has 4 unspecified atom stereocenters. The summed E-state index contributed by atoms with van der Waals surface area (Å²) in [6.45, 7) is 8.25. The molecule has 2 aromatic rings. The Labute approximate surface area is 237 Å². The number of morpholine rings is 1. The molecule has 0 spiro atoms. The Morgan fingerprint density at radius 3 is 2.44 bits per heavy atom. The molecule has 2 aliphatic heterocycles. The van der Waals surface area contributed by atoms with Crippen LogP contribution in [0.3, 0.4) is 0 Å². The summed E-state index contributed by atoms with van der Waals surface area (Å²) in [6, 6.07) is 10.4. The van der Waals surface area contributed by atoms with E-state index in [1.54, 1.807) is 4.31 Å². The molecule has 39 heavy (non-hydrogen) atoms.